The molecule has 0 spiro atoms. The van der Waals surface area contributed by atoms with Crippen molar-refractivity contribution in [2.75, 3.05) is 26.2 Å². The average Bonchev–Trinajstić information content (AvgIpc) is 3.01. The van der Waals surface area contributed by atoms with Crippen molar-refractivity contribution >= 4 is 11.7 Å². The molecule has 1 fully saturated rings. The van der Waals surface area contributed by atoms with Gasteiger partial charge in [-0.3, -0.25) is 9.59 Å². The average molecular weight is 348 g/mol. The second-order valence-electron chi connectivity index (χ2n) is 6.13. The summed E-state index contributed by atoms with van der Waals surface area (Å²) in [5.74, 6) is -0.367. The van der Waals surface area contributed by atoms with Gasteiger partial charge in [0.2, 0.25) is 5.91 Å². The molecule has 1 amide bonds. The lowest BCUT2D eigenvalue weighted by Crippen LogP contribution is -2.28. The van der Waals surface area contributed by atoms with Crippen LogP contribution in [0.25, 0.3) is 0 Å². The molecule has 0 atom stereocenters. The largest absolute Gasteiger partial charge is 0.396 e. The molecule has 1 aromatic rings. The molecule has 0 bridgehead atoms. The maximum absolute atomic E-state index is 12.9. The first-order chi connectivity index (χ1) is 12.1. The Hall–Kier alpha value is -2.21. The molecule has 0 unspecified atom stereocenters. The Labute approximate surface area is 147 Å². The molecular weight excluding hydrogens is 323 g/mol. The summed E-state index contributed by atoms with van der Waals surface area (Å²) in [6.45, 7) is 2.24. The Balaban J connectivity index is 1.87. The van der Waals surface area contributed by atoms with Gasteiger partial charge < -0.3 is 15.3 Å². The second kappa shape index (κ2) is 9.93. The van der Waals surface area contributed by atoms with E-state index in [2.05, 4.69) is 5.32 Å². The standard InChI is InChI=1S/C19H25FN2O3/c20-16-8-6-15(7-9-16)18(24)14-17(4-2-13-23)21-10-3-12-22-11-1-5-19(22)25/h6-9,14,21,23H,1-5,10-13H2/b17-14+. The van der Waals surface area contributed by atoms with E-state index < -0.39 is 0 Å². The number of nitrogens with one attached hydrogen (secondary N) is 1. The van der Waals surface area contributed by atoms with Crippen LogP contribution in [0.15, 0.2) is 36.0 Å². The van der Waals surface area contributed by atoms with E-state index in [9.17, 15) is 14.0 Å². The van der Waals surface area contributed by atoms with E-state index in [0.29, 0.717) is 37.9 Å². The Kier molecular flexibility index (Phi) is 7.60. The SMILES string of the molecule is O=C(/C=C(\CCCO)NCCCN1CCCC1=O)c1ccc(F)cc1. The number of likely N-dealkylation sites (tertiary alicyclic amines) is 1. The Morgan fingerprint density at radius 1 is 1.28 bits per heavy atom. The van der Waals surface area contributed by atoms with Crippen molar-refractivity contribution in [3.8, 4) is 0 Å². The van der Waals surface area contributed by atoms with E-state index in [4.69, 9.17) is 5.11 Å². The summed E-state index contributed by atoms with van der Waals surface area (Å²) >= 11 is 0. The minimum Gasteiger partial charge on any atom is -0.396 e. The summed E-state index contributed by atoms with van der Waals surface area (Å²) in [6, 6.07) is 5.43. The first-order valence-corrected chi connectivity index (χ1v) is 8.73. The van der Waals surface area contributed by atoms with E-state index in [0.717, 1.165) is 25.1 Å². The maximum Gasteiger partial charge on any atom is 0.222 e. The zero-order chi connectivity index (χ0) is 18.1. The lowest BCUT2D eigenvalue weighted by atomic mass is 10.1. The fraction of sp³-hybridized carbons (Fsp3) is 0.474. The van der Waals surface area contributed by atoms with Crippen LogP contribution in [-0.2, 0) is 4.79 Å². The highest BCUT2D eigenvalue weighted by molar-refractivity contribution is 6.04. The Bertz CT molecular complexity index is 614. The number of ketones is 1. The predicted octanol–water partition coefficient (Wildman–Crippen LogP) is 2.27. The molecule has 2 rings (SSSR count). The molecular formula is C19H25FN2O3. The normalized spacial score (nSPS) is 14.9. The van der Waals surface area contributed by atoms with Gasteiger partial charge in [0.15, 0.2) is 5.78 Å². The van der Waals surface area contributed by atoms with Gasteiger partial charge in [-0.1, -0.05) is 0 Å². The molecule has 1 saturated heterocycles. The summed E-state index contributed by atoms with van der Waals surface area (Å²) in [7, 11) is 0. The van der Waals surface area contributed by atoms with Crippen molar-refractivity contribution in [2.45, 2.75) is 32.1 Å². The quantitative estimate of drug-likeness (QED) is 0.387. The molecule has 1 heterocycles. The van der Waals surface area contributed by atoms with Crippen molar-refractivity contribution in [3.63, 3.8) is 0 Å². The second-order valence-corrected chi connectivity index (χ2v) is 6.13. The highest BCUT2D eigenvalue weighted by Crippen LogP contribution is 2.10. The number of rotatable bonds is 10. The summed E-state index contributed by atoms with van der Waals surface area (Å²) in [6.07, 6.45) is 4.99. The lowest BCUT2D eigenvalue weighted by Gasteiger charge is -2.16. The summed E-state index contributed by atoms with van der Waals surface area (Å²) in [5.41, 5.74) is 1.17. The molecule has 1 aliphatic heterocycles. The summed E-state index contributed by atoms with van der Waals surface area (Å²) in [4.78, 5) is 25.7. The van der Waals surface area contributed by atoms with E-state index in [-0.39, 0.29) is 24.1 Å². The molecule has 5 nitrogen and oxygen atoms in total. The van der Waals surface area contributed by atoms with Gasteiger partial charge in [-0.2, -0.15) is 0 Å². The molecule has 0 saturated carbocycles. The summed E-state index contributed by atoms with van der Waals surface area (Å²) in [5, 5.41) is 12.2. The third kappa shape index (κ3) is 6.31. The Morgan fingerprint density at radius 2 is 2.04 bits per heavy atom. The highest BCUT2D eigenvalue weighted by Gasteiger charge is 2.18. The van der Waals surface area contributed by atoms with Crippen LogP contribution in [0.2, 0.25) is 0 Å². The molecule has 25 heavy (non-hydrogen) atoms. The molecule has 0 aliphatic carbocycles. The number of aliphatic hydroxyl groups excluding tert-OH is 1. The smallest absolute Gasteiger partial charge is 0.222 e. The zero-order valence-corrected chi connectivity index (χ0v) is 14.3. The lowest BCUT2D eigenvalue weighted by molar-refractivity contribution is -0.127. The maximum atomic E-state index is 12.9. The molecule has 1 aliphatic rings. The van der Waals surface area contributed by atoms with Gasteiger partial charge in [-0.25, -0.2) is 4.39 Å². The third-order valence-corrected chi connectivity index (χ3v) is 4.17. The molecule has 1 aromatic carbocycles. The van der Waals surface area contributed by atoms with Gasteiger partial charge in [0.1, 0.15) is 5.82 Å². The number of allylic oxidation sites excluding steroid dienone is 2. The van der Waals surface area contributed by atoms with Crippen LogP contribution < -0.4 is 5.32 Å². The number of benzene rings is 1. The van der Waals surface area contributed by atoms with Gasteiger partial charge >= 0.3 is 0 Å². The Morgan fingerprint density at radius 3 is 2.68 bits per heavy atom. The number of nitrogens with zero attached hydrogens (tertiary/aromatic N) is 1. The van der Waals surface area contributed by atoms with Gasteiger partial charge in [0.25, 0.3) is 0 Å². The molecule has 6 heteroatoms. The van der Waals surface area contributed by atoms with Crippen LogP contribution in [0.5, 0.6) is 0 Å². The van der Waals surface area contributed by atoms with E-state index in [1.54, 1.807) is 0 Å². The van der Waals surface area contributed by atoms with Crippen molar-refractivity contribution in [2.24, 2.45) is 0 Å². The number of carbonyl (C=O) groups is 2. The minimum atomic E-state index is -0.379. The van der Waals surface area contributed by atoms with Crippen LogP contribution in [0, 0.1) is 5.82 Å². The van der Waals surface area contributed by atoms with Crippen LogP contribution in [0.1, 0.15) is 42.5 Å². The first kappa shape index (κ1) is 19.1. The number of halogens is 1. The molecule has 2 N–H and O–H groups in total. The van der Waals surface area contributed by atoms with Crippen molar-refractivity contribution < 1.29 is 19.1 Å². The van der Waals surface area contributed by atoms with Crippen molar-refractivity contribution in [1.82, 2.24) is 10.2 Å². The van der Waals surface area contributed by atoms with Gasteiger partial charge in [-0.15, -0.1) is 0 Å². The fourth-order valence-corrected chi connectivity index (χ4v) is 2.80. The minimum absolute atomic E-state index is 0.0477. The first-order valence-electron chi connectivity index (χ1n) is 8.73. The third-order valence-electron chi connectivity index (χ3n) is 4.17. The van der Waals surface area contributed by atoms with Crippen molar-refractivity contribution in [3.05, 3.63) is 47.4 Å². The van der Waals surface area contributed by atoms with Crippen LogP contribution >= 0.6 is 0 Å². The monoisotopic (exact) mass is 348 g/mol. The predicted molar refractivity (Wildman–Crippen MR) is 93.6 cm³/mol. The number of aliphatic hydroxyl groups is 1. The number of carbonyl (C=O) groups excluding carboxylic acids is 2. The van der Waals surface area contributed by atoms with Crippen LogP contribution in [-0.4, -0.2) is 47.9 Å². The van der Waals surface area contributed by atoms with Crippen LogP contribution in [0.4, 0.5) is 4.39 Å². The van der Waals surface area contributed by atoms with Gasteiger partial charge in [-0.05, 0) is 49.9 Å². The number of hydrogen-bond acceptors (Lipinski definition) is 4. The summed E-state index contributed by atoms with van der Waals surface area (Å²) < 4.78 is 12.9. The van der Waals surface area contributed by atoms with E-state index in [1.165, 1.54) is 30.3 Å². The molecule has 0 radical (unpaired) electrons. The van der Waals surface area contributed by atoms with Gasteiger partial charge in [0.05, 0.1) is 0 Å². The zero-order valence-electron chi connectivity index (χ0n) is 14.3. The fourth-order valence-electron chi connectivity index (χ4n) is 2.80. The van der Waals surface area contributed by atoms with E-state index >= 15 is 0 Å². The number of amides is 1. The highest BCUT2D eigenvalue weighted by atomic mass is 19.1. The molecule has 136 valence electrons. The number of hydrogen-bond donors (Lipinski definition) is 2. The van der Waals surface area contributed by atoms with Crippen molar-refractivity contribution in [1.29, 1.82) is 0 Å². The van der Waals surface area contributed by atoms with Gasteiger partial charge in [0, 0.05) is 50.0 Å². The molecule has 0 aromatic heterocycles. The topological polar surface area (TPSA) is 69.6 Å². The van der Waals surface area contributed by atoms with Crippen LogP contribution in [0.3, 0.4) is 0 Å². The van der Waals surface area contributed by atoms with E-state index in [1.807, 2.05) is 4.90 Å².